The van der Waals surface area contributed by atoms with Crippen molar-refractivity contribution in [2.75, 3.05) is 0 Å². The van der Waals surface area contributed by atoms with Gasteiger partial charge in [0, 0.05) is 18.2 Å². The molecule has 0 saturated heterocycles. The second-order valence-electron chi connectivity index (χ2n) is 24.8. The quantitative estimate of drug-likeness (QED) is 0.0260. The van der Waals surface area contributed by atoms with Crippen LogP contribution in [0.5, 0.6) is 51.7 Å². The van der Waals surface area contributed by atoms with Crippen LogP contribution >= 0.6 is 7.92 Å². The zero-order chi connectivity index (χ0) is 76.2. The van der Waals surface area contributed by atoms with Gasteiger partial charge in [-0.25, -0.2) is 0 Å². The molecule has 0 aromatic heterocycles. The van der Waals surface area contributed by atoms with Crippen LogP contribution in [-0.4, -0.2) is 35.8 Å². The Kier molecular flexibility index (Phi) is 43.7. The molecule has 12 aromatic carbocycles. The first kappa shape index (κ1) is 99.7. The van der Waals surface area contributed by atoms with E-state index >= 15 is 0 Å². The molecule has 115 heavy (non-hydrogen) atoms. The van der Waals surface area contributed by atoms with Crippen molar-refractivity contribution in [3.05, 3.63) is 356 Å². The summed E-state index contributed by atoms with van der Waals surface area (Å²) in [5.41, 5.74) is 6.47. The summed E-state index contributed by atoms with van der Waals surface area (Å²) in [6, 6.07) is 76.1. The predicted molar refractivity (Wildman–Crippen MR) is 388 cm³/mol. The van der Waals surface area contributed by atoms with E-state index in [1.165, 1.54) is 72.8 Å². The number of hydrogen-bond donors (Lipinski definition) is 0. The van der Waals surface area contributed by atoms with Gasteiger partial charge in [0.1, 0.15) is 111 Å². The molecule has 0 N–H and O–H groups in total. The fraction of sp³-hybridized carbons (Fsp3) is 0.103. The Bertz CT molecular complexity index is 4450. The zero-order valence-corrected chi connectivity index (χ0v) is 83.5. The fourth-order valence-corrected chi connectivity index (χ4v) is 13.3. The van der Waals surface area contributed by atoms with E-state index in [9.17, 15) is 59.4 Å². The van der Waals surface area contributed by atoms with E-state index in [1.54, 1.807) is 91.0 Å². The minimum atomic E-state index is -1.30. The molecule has 0 aliphatic heterocycles. The smallest absolute Gasteiger partial charge is 0.545 e. The Balaban J connectivity index is 0.00000343. The van der Waals surface area contributed by atoms with Gasteiger partial charge in [0.2, 0.25) is 0 Å². The molecule has 0 amide bonds. The largest absolute Gasteiger partial charge is 1.00 e. The van der Waals surface area contributed by atoms with Gasteiger partial charge in [-0.1, -0.05) is 182 Å². The van der Waals surface area contributed by atoms with E-state index in [0.717, 1.165) is 15.9 Å². The maximum absolute atomic E-state index is 11.4. The molecule has 0 aliphatic carbocycles. The van der Waals surface area contributed by atoms with Gasteiger partial charge in [-0.15, -0.1) is 0 Å². The van der Waals surface area contributed by atoms with Crippen LogP contribution in [0.25, 0.3) is 0 Å². The first-order valence-electron chi connectivity index (χ1n) is 33.8. The number of carbonyl (C=O) groups excluding carboxylic acids is 6. The Hall–Kier alpha value is -4.09. The molecule has 21 nitrogen and oxygen atoms in total. The summed E-state index contributed by atoms with van der Waals surface area (Å²) in [5, 5.41) is 71.4. The summed E-state index contributed by atoms with van der Waals surface area (Å²) in [6.07, 6.45) is 0. The van der Waals surface area contributed by atoms with E-state index < -0.39 is 43.7 Å². The van der Waals surface area contributed by atoms with Crippen LogP contribution in [0.3, 0.4) is 0 Å². The minimum Gasteiger partial charge on any atom is -0.545 e. The summed E-state index contributed by atoms with van der Waals surface area (Å²) >= 11 is 0. The Labute approximate surface area is 919 Å². The van der Waals surface area contributed by atoms with Crippen molar-refractivity contribution in [2.45, 2.75) is 59.5 Å². The third kappa shape index (κ3) is 31.1. The first-order valence-corrected chi connectivity index (χ1v) is 35.2. The van der Waals surface area contributed by atoms with Crippen molar-refractivity contribution >= 4 is 59.7 Å². The number of benzene rings is 12. The zero-order valence-electron chi connectivity index (χ0n) is 63.9. The second-order valence-corrected chi connectivity index (χ2v) is 27.0. The van der Waals surface area contributed by atoms with Crippen molar-refractivity contribution < 1.29 is 410 Å². The number of carboxylic acids is 6. The molecule has 12 rings (SSSR count). The normalized spacial score (nSPS) is 10.3. The van der Waals surface area contributed by atoms with Gasteiger partial charge in [0.15, 0.2) is 0 Å². The Morgan fingerprint density at radius 3 is 0.470 bits per heavy atom. The van der Waals surface area contributed by atoms with E-state index in [0.29, 0.717) is 102 Å². The van der Waals surface area contributed by atoms with E-state index in [4.69, 9.17) is 42.6 Å². The third-order valence-corrected chi connectivity index (χ3v) is 19.3. The number of hydrogen-bond acceptors (Lipinski definition) is 21. The molecule has 12 aromatic rings. The molecule has 0 heterocycles. The number of carboxylic acid groups (broad SMARTS) is 6. The van der Waals surface area contributed by atoms with Gasteiger partial charge in [0.05, 0.1) is 35.8 Å². The molecule has 0 spiro atoms. The van der Waals surface area contributed by atoms with E-state index in [1.807, 2.05) is 109 Å². The Morgan fingerprint density at radius 2 is 0.322 bits per heavy atom. The summed E-state index contributed by atoms with van der Waals surface area (Å²) in [4.78, 5) is 68.5. The summed E-state index contributed by atoms with van der Waals surface area (Å²) < 4.78 is 56.5. The second kappa shape index (κ2) is 50.3. The summed E-state index contributed by atoms with van der Waals surface area (Å²) in [7, 11) is -1.30. The van der Waals surface area contributed by atoms with Crippen LogP contribution in [0.15, 0.2) is 273 Å². The molecule has 0 unspecified atom stereocenters. The predicted octanol–water partition coefficient (Wildman–Crippen LogP) is -10.1. The molecule has 0 radical (unpaired) electrons. The molecule has 0 saturated carbocycles. The topological polar surface area (TPSA) is 324 Å². The van der Waals surface area contributed by atoms with Crippen molar-refractivity contribution in [3.63, 3.8) is 0 Å². The van der Waals surface area contributed by atoms with Crippen LogP contribution in [-0.2, 0) is 59.5 Å². The van der Waals surface area contributed by atoms with Crippen LogP contribution < -0.4 is 397 Å². The SMILES string of the molecule is O=C([O-])c1ccc(COc2cc(COc3ccc(P(c4ccc(OCc5cc(OCc6ccc(C(=O)[O-])cc6)cc(OCc6ccc(C(=O)[O-])cc6)c5)cc4)c4ccc(OCc5cc(OCc6ccc(C(=O)[O-])cc6)cc(OCc6ccc(C(=O)[O-])cc6)c5)cc4)cc3)cc(OCc3ccc(C(=O)[O-])cc3)c2)cc1.[K+].[K+].[K+].[K+].[K+].[K+]. The van der Waals surface area contributed by atoms with Crippen molar-refractivity contribution in [3.8, 4) is 51.7 Å². The molecular weight excluding hydrogens is 1650 g/mol. The van der Waals surface area contributed by atoms with Gasteiger partial charge < -0.3 is 102 Å². The summed E-state index contributed by atoms with van der Waals surface area (Å²) in [5.74, 6) is -3.51. The van der Waals surface area contributed by atoms with Crippen LogP contribution in [0.4, 0.5) is 0 Å². The molecule has 0 bridgehead atoms. The van der Waals surface area contributed by atoms with Gasteiger partial charge in [-0.2, -0.15) is 0 Å². The van der Waals surface area contributed by atoms with Crippen molar-refractivity contribution in [1.29, 1.82) is 0 Å². The van der Waals surface area contributed by atoms with E-state index in [-0.39, 0.29) is 401 Å². The maximum atomic E-state index is 11.4. The molecule has 28 heteroatoms. The maximum Gasteiger partial charge on any atom is 1.00 e. The number of aromatic carboxylic acids is 6. The van der Waals surface area contributed by atoms with Crippen molar-refractivity contribution in [1.82, 2.24) is 0 Å². The third-order valence-electron chi connectivity index (χ3n) is 16.9. The molecule has 0 fully saturated rings. The standard InChI is InChI=1S/C87H69O21P.6K/c88-82(89)64-13-1-55(2-14-64)46-103-73-37-61(38-74(43-73)104-47-56-3-15-65(16-4-56)83(90)91)52-100-70-25-31-79(32-26-70)109(80-33-27-71(28-34-80)101-53-62-39-75(105-48-57-5-17-66(18-6-57)84(92)93)44-76(40-62)106-49-58-7-19-67(20-8-58)85(94)95)81-35-29-72(30-36-81)102-54-63-41-77(107-50-59-9-21-68(22-10-59)86(96)97)45-78(42-63)108-51-60-11-23-69(24-12-60)87(98)99;;;;;;/h1-45H,46-54H2,(H,88,89)(H,90,91)(H,92,93)(H,94,95)(H,96,97)(H,98,99);;;;;;/q;6*+1/p-6. The molecule has 548 valence electrons. The van der Waals surface area contributed by atoms with Crippen LogP contribution in [0.2, 0.25) is 0 Å². The Morgan fingerprint density at radius 1 is 0.183 bits per heavy atom. The molecule has 0 aliphatic rings. The summed E-state index contributed by atoms with van der Waals surface area (Å²) in [6.45, 7) is 0.841. The van der Waals surface area contributed by atoms with Gasteiger partial charge in [-0.05, 0) is 180 Å². The van der Waals surface area contributed by atoms with Crippen LogP contribution in [0, 0.1) is 0 Å². The van der Waals surface area contributed by atoms with Crippen molar-refractivity contribution in [2.24, 2.45) is 0 Å². The van der Waals surface area contributed by atoms with Gasteiger partial charge in [-0.3, -0.25) is 0 Å². The monoisotopic (exact) mass is 1710 g/mol. The number of carbonyl (C=O) groups is 6. The number of ether oxygens (including phenoxy) is 9. The fourth-order valence-electron chi connectivity index (χ4n) is 11.1. The average molecular weight is 1710 g/mol. The minimum absolute atomic E-state index is 0. The molecular formula is C87H63K6O21P. The van der Waals surface area contributed by atoms with Gasteiger partial charge in [0.25, 0.3) is 0 Å². The van der Waals surface area contributed by atoms with Crippen LogP contribution in [0.1, 0.15) is 112 Å². The average Bonchev–Trinajstić information content (AvgIpc) is 0.797. The van der Waals surface area contributed by atoms with E-state index in [2.05, 4.69) is 0 Å². The first-order chi connectivity index (χ1) is 52.8. The molecule has 0 atom stereocenters. The van der Waals surface area contributed by atoms with Gasteiger partial charge >= 0.3 is 308 Å². The number of rotatable bonds is 36.